The molecule has 0 atom stereocenters. The number of rotatable bonds is 32. The van der Waals surface area contributed by atoms with Crippen molar-refractivity contribution in [3.05, 3.63) is 0 Å². The molecule has 0 aliphatic carbocycles. The molecular weight excluding hydrogens is 580 g/mol. The zero-order valence-corrected chi connectivity index (χ0v) is 26.5. The molecule has 0 aromatic heterocycles. The van der Waals surface area contributed by atoms with E-state index in [0.717, 1.165) is 25.7 Å². The van der Waals surface area contributed by atoms with Crippen LogP contribution in [0.3, 0.4) is 0 Å². The molecule has 9 nitrogen and oxygen atoms in total. The van der Waals surface area contributed by atoms with Crippen molar-refractivity contribution in [1.29, 1.82) is 0 Å². The Morgan fingerprint density at radius 2 is 0.800 bits per heavy atom. The molecule has 10 heteroatoms. The van der Waals surface area contributed by atoms with Gasteiger partial charge in [-0.1, -0.05) is 106 Å². The minimum atomic E-state index is -0.677. The van der Waals surface area contributed by atoms with Gasteiger partial charge in [-0.05, 0) is 12.8 Å². The minimum absolute atomic E-state index is 0.0552. The molecule has 40 heavy (non-hydrogen) atoms. The Kier molecular flexibility index (Phi) is 31.3. The van der Waals surface area contributed by atoms with Crippen molar-refractivity contribution in [2.45, 2.75) is 116 Å². The molecule has 0 heterocycles. The normalized spacial score (nSPS) is 11.0. The SMILES string of the molecule is O=C(O)CCCCCCCCCCCCCCCCCCC(=O)NCCOCCOCCOCCNC(=O)CBr. The summed E-state index contributed by atoms with van der Waals surface area (Å²) in [5.74, 6) is -0.632. The number of carbonyl (C=O) groups excluding carboxylic acids is 2. The van der Waals surface area contributed by atoms with Gasteiger partial charge >= 0.3 is 5.97 Å². The zero-order chi connectivity index (χ0) is 29.4. The van der Waals surface area contributed by atoms with Gasteiger partial charge in [-0.3, -0.25) is 14.4 Å². The summed E-state index contributed by atoms with van der Waals surface area (Å²) in [6, 6.07) is 0. The molecule has 0 radical (unpaired) electrons. The van der Waals surface area contributed by atoms with Crippen LogP contribution in [0.5, 0.6) is 0 Å². The Morgan fingerprint density at radius 1 is 0.475 bits per heavy atom. The number of unbranched alkanes of at least 4 members (excludes halogenated alkanes) is 15. The van der Waals surface area contributed by atoms with E-state index in [4.69, 9.17) is 19.3 Å². The molecule has 0 aliphatic heterocycles. The molecule has 0 aliphatic rings. The maximum Gasteiger partial charge on any atom is 0.303 e. The highest BCUT2D eigenvalue weighted by Gasteiger charge is 2.01. The number of halogens is 1. The second-order valence-corrected chi connectivity index (χ2v) is 10.8. The van der Waals surface area contributed by atoms with Gasteiger partial charge < -0.3 is 30.0 Å². The lowest BCUT2D eigenvalue weighted by Gasteiger charge is -2.08. The van der Waals surface area contributed by atoms with Crippen LogP contribution in [-0.4, -0.2) is 81.0 Å². The lowest BCUT2D eigenvalue weighted by molar-refractivity contribution is -0.137. The van der Waals surface area contributed by atoms with Crippen molar-refractivity contribution >= 4 is 33.7 Å². The van der Waals surface area contributed by atoms with Gasteiger partial charge in [-0.2, -0.15) is 0 Å². The molecule has 0 bridgehead atoms. The van der Waals surface area contributed by atoms with Crippen LogP contribution in [0, 0.1) is 0 Å². The molecule has 0 rings (SSSR count). The smallest absolute Gasteiger partial charge is 0.303 e. The van der Waals surface area contributed by atoms with Gasteiger partial charge in [0.05, 0.1) is 45.0 Å². The fraction of sp³-hybridized carbons (Fsp3) is 0.900. The topological polar surface area (TPSA) is 123 Å². The number of hydrogen-bond acceptors (Lipinski definition) is 6. The van der Waals surface area contributed by atoms with Crippen molar-refractivity contribution in [2.24, 2.45) is 0 Å². The third-order valence-electron chi connectivity index (χ3n) is 6.55. The van der Waals surface area contributed by atoms with Crippen molar-refractivity contribution in [2.75, 3.05) is 58.1 Å². The number of ether oxygens (including phenoxy) is 3. The van der Waals surface area contributed by atoms with E-state index < -0.39 is 5.97 Å². The quantitative estimate of drug-likeness (QED) is 0.0632. The summed E-state index contributed by atoms with van der Waals surface area (Å²) in [5, 5.41) is 14.5. The monoisotopic (exact) mass is 636 g/mol. The second-order valence-electron chi connectivity index (χ2n) is 10.2. The second kappa shape index (κ2) is 32.3. The van der Waals surface area contributed by atoms with Gasteiger partial charge in [0.25, 0.3) is 0 Å². The number of amides is 2. The van der Waals surface area contributed by atoms with Gasteiger partial charge in [0.2, 0.25) is 11.8 Å². The zero-order valence-electron chi connectivity index (χ0n) is 24.9. The van der Waals surface area contributed by atoms with Crippen LogP contribution in [0.2, 0.25) is 0 Å². The molecule has 3 N–H and O–H groups in total. The highest BCUT2D eigenvalue weighted by Crippen LogP contribution is 2.14. The maximum absolute atomic E-state index is 11.9. The molecule has 0 saturated carbocycles. The van der Waals surface area contributed by atoms with Crippen LogP contribution in [-0.2, 0) is 28.6 Å². The Hall–Kier alpha value is -1.23. The fourth-order valence-corrected chi connectivity index (χ4v) is 4.44. The standard InChI is InChI=1S/C30H57BrN2O7/c31-27-29(35)33-20-22-39-24-26-40-25-23-38-21-19-32-28(34)17-15-13-11-9-7-5-3-1-2-4-6-8-10-12-14-16-18-30(36)37/h1-27H2,(H,32,34)(H,33,35)(H,36,37). The fourth-order valence-electron chi connectivity index (χ4n) is 4.24. The van der Waals surface area contributed by atoms with Crippen LogP contribution in [0.1, 0.15) is 116 Å². The number of alkyl halides is 1. The molecule has 2 amide bonds. The van der Waals surface area contributed by atoms with Gasteiger partial charge in [-0.25, -0.2) is 0 Å². The average Bonchev–Trinajstić information content (AvgIpc) is 2.94. The van der Waals surface area contributed by atoms with E-state index in [0.29, 0.717) is 70.9 Å². The van der Waals surface area contributed by atoms with Crippen LogP contribution in [0.25, 0.3) is 0 Å². The molecule has 0 saturated heterocycles. The predicted octanol–water partition coefficient (Wildman–Crippen LogP) is 5.77. The number of carboxylic acids is 1. The minimum Gasteiger partial charge on any atom is -0.481 e. The Labute approximate surface area is 251 Å². The maximum atomic E-state index is 11.9. The van der Waals surface area contributed by atoms with Crippen molar-refractivity contribution in [1.82, 2.24) is 10.6 Å². The van der Waals surface area contributed by atoms with Crippen LogP contribution in [0.4, 0.5) is 0 Å². The van der Waals surface area contributed by atoms with Gasteiger partial charge in [0, 0.05) is 25.9 Å². The summed E-state index contributed by atoms with van der Waals surface area (Å²) in [5.41, 5.74) is 0. The van der Waals surface area contributed by atoms with E-state index in [2.05, 4.69) is 26.6 Å². The first-order valence-corrected chi connectivity index (χ1v) is 16.7. The molecule has 0 fully saturated rings. The van der Waals surface area contributed by atoms with E-state index in [1.165, 1.54) is 77.0 Å². The number of nitrogens with one attached hydrogen (secondary N) is 2. The summed E-state index contributed by atoms with van der Waals surface area (Å²) in [6.45, 7) is 3.88. The van der Waals surface area contributed by atoms with Crippen LogP contribution in [0.15, 0.2) is 0 Å². The van der Waals surface area contributed by atoms with Crippen LogP contribution < -0.4 is 10.6 Å². The number of carbonyl (C=O) groups is 3. The van der Waals surface area contributed by atoms with E-state index in [-0.39, 0.29) is 11.8 Å². The summed E-state index contributed by atoms with van der Waals surface area (Å²) < 4.78 is 16.2. The van der Waals surface area contributed by atoms with Crippen molar-refractivity contribution in [3.8, 4) is 0 Å². The Balaban J connectivity index is 3.17. The van der Waals surface area contributed by atoms with Gasteiger partial charge in [-0.15, -0.1) is 0 Å². The summed E-state index contributed by atoms with van der Waals surface area (Å²) in [7, 11) is 0. The molecule has 0 aromatic carbocycles. The third-order valence-corrected chi connectivity index (χ3v) is 7.06. The first-order valence-electron chi connectivity index (χ1n) is 15.6. The van der Waals surface area contributed by atoms with E-state index >= 15 is 0 Å². The molecule has 236 valence electrons. The molecular formula is C30H57BrN2O7. The average molecular weight is 638 g/mol. The molecule has 0 unspecified atom stereocenters. The van der Waals surface area contributed by atoms with Crippen molar-refractivity contribution < 1.29 is 33.7 Å². The number of aliphatic carboxylic acids is 1. The highest BCUT2D eigenvalue weighted by atomic mass is 79.9. The third kappa shape index (κ3) is 33.0. The summed E-state index contributed by atoms with van der Waals surface area (Å²) in [6.07, 6.45) is 20.3. The van der Waals surface area contributed by atoms with E-state index in [9.17, 15) is 14.4 Å². The Morgan fingerprint density at radius 3 is 1.18 bits per heavy atom. The molecule has 0 aromatic rings. The van der Waals surface area contributed by atoms with Gasteiger partial charge in [0.15, 0.2) is 0 Å². The molecule has 0 spiro atoms. The van der Waals surface area contributed by atoms with E-state index in [1.807, 2.05) is 0 Å². The Bertz CT molecular complexity index is 596. The number of carboxylic acid groups (broad SMARTS) is 1. The summed E-state index contributed by atoms with van der Waals surface area (Å²) in [4.78, 5) is 33.4. The van der Waals surface area contributed by atoms with Gasteiger partial charge in [0.1, 0.15) is 0 Å². The lowest BCUT2D eigenvalue weighted by atomic mass is 10.0. The first kappa shape index (κ1) is 38.8. The number of hydrogen-bond donors (Lipinski definition) is 3. The first-order chi connectivity index (χ1) is 19.6. The summed E-state index contributed by atoms with van der Waals surface area (Å²) >= 11 is 3.08. The highest BCUT2D eigenvalue weighted by molar-refractivity contribution is 9.09. The van der Waals surface area contributed by atoms with E-state index in [1.54, 1.807) is 0 Å². The van der Waals surface area contributed by atoms with Crippen LogP contribution >= 0.6 is 15.9 Å². The van der Waals surface area contributed by atoms with Crippen molar-refractivity contribution in [3.63, 3.8) is 0 Å². The predicted molar refractivity (Wildman–Crippen MR) is 163 cm³/mol. The lowest BCUT2D eigenvalue weighted by Crippen LogP contribution is -2.28. The largest absolute Gasteiger partial charge is 0.481 e.